The average Bonchev–Trinajstić information content (AvgIpc) is 3.48. The highest BCUT2D eigenvalue weighted by molar-refractivity contribution is 6.23. The molecule has 0 aliphatic carbocycles. The Bertz CT molecular complexity index is 1710. The van der Waals surface area contributed by atoms with Gasteiger partial charge >= 0.3 is 0 Å². The largest absolute Gasteiger partial charge is 0.297 e. The molecular formula is C31H28N4O3. The Kier molecular flexibility index (Phi) is 4.82. The van der Waals surface area contributed by atoms with Gasteiger partial charge in [-0.15, -0.1) is 0 Å². The standard InChI is InChI=1S/C31H28N4O3/c1-17(2)16-23-25-26(29(38)34(28(25)37)19-14-12-18(3)13-15-19)31(33-23)21-9-5-7-11-24(21)35-27(36)20-8-4-6-10-22(20)32-30(31)35/h4-15,17,23,25-26,33H,16H2,1-3H3/t23-,25+,26+,31+/m0/s1. The number of benzene rings is 3. The lowest BCUT2D eigenvalue weighted by atomic mass is 9.75. The summed E-state index contributed by atoms with van der Waals surface area (Å²) >= 11 is 0. The Labute approximate surface area is 220 Å². The van der Waals surface area contributed by atoms with Crippen LogP contribution in [-0.4, -0.2) is 27.4 Å². The van der Waals surface area contributed by atoms with Gasteiger partial charge in [0, 0.05) is 11.6 Å². The smallest absolute Gasteiger partial charge is 0.266 e. The van der Waals surface area contributed by atoms with Crippen molar-refractivity contribution < 1.29 is 9.59 Å². The Morgan fingerprint density at radius 3 is 2.39 bits per heavy atom. The van der Waals surface area contributed by atoms with E-state index in [9.17, 15) is 14.4 Å². The van der Waals surface area contributed by atoms with E-state index in [4.69, 9.17) is 4.98 Å². The molecule has 2 fully saturated rings. The molecule has 4 atom stereocenters. The fourth-order valence-electron chi connectivity index (χ4n) is 6.88. The van der Waals surface area contributed by atoms with E-state index < -0.39 is 17.4 Å². The summed E-state index contributed by atoms with van der Waals surface area (Å²) in [6, 6.07) is 22.2. The Morgan fingerprint density at radius 2 is 1.63 bits per heavy atom. The number of aromatic nitrogens is 2. The first kappa shape index (κ1) is 23.0. The van der Waals surface area contributed by atoms with Crippen LogP contribution in [0.3, 0.4) is 0 Å². The van der Waals surface area contributed by atoms with Crippen LogP contribution in [0, 0.1) is 24.7 Å². The van der Waals surface area contributed by atoms with Crippen molar-refractivity contribution in [2.75, 3.05) is 4.90 Å². The molecule has 1 spiro atoms. The Hall–Kier alpha value is -4.10. The van der Waals surface area contributed by atoms with Crippen LogP contribution >= 0.6 is 0 Å². The molecule has 0 bridgehead atoms. The number of nitrogens with zero attached hydrogens (tertiary/aromatic N) is 3. The lowest BCUT2D eigenvalue weighted by Gasteiger charge is -2.32. The van der Waals surface area contributed by atoms with E-state index in [1.165, 1.54) is 4.90 Å². The SMILES string of the molecule is Cc1ccc(N2C(=O)[C@@H]3[C@H](CC(C)C)N[C@]4(c5ccccc5-n5c4nc4ccccc4c5=O)[C@H]3C2=O)cc1. The van der Waals surface area contributed by atoms with Crippen LogP contribution in [0.15, 0.2) is 77.6 Å². The molecule has 2 amide bonds. The second-order valence-electron chi connectivity index (χ2n) is 11.1. The minimum Gasteiger partial charge on any atom is -0.297 e. The van der Waals surface area contributed by atoms with E-state index in [-0.39, 0.29) is 23.4 Å². The van der Waals surface area contributed by atoms with E-state index in [1.807, 2.05) is 73.7 Å². The summed E-state index contributed by atoms with van der Waals surface area (Å²) in [7, 11) is 0. The van der Waals surface area contributed by atoms with Gasteiger partial charge in [-0.2, -0.15) is 0 Å². The first-order valence-electron chi connectivity index (χ1n) is 13.2. The number of hydrogen-bond donors (Lipinski definition) is 1. The number of anilines is 1. The maximum absolute atomic E-state index is 14.4. The van der Waals surface area contributed by atoms with Gasteiger partial charge in [0.2, 0.25) is 11.8 Å². The zero-order valence-corrected chi connectivity index (χ0v) is 21.5. The van der Waals surface area contributed by atoms with Gasteiger partial charge in [-0.25, -0.2) is 9.88 Å². The summed E-state index contributed by atoms with van der Waals surface area (Å²) in [5.41, 5.74) is 2.45. The highest BCUT2D eigenvalue weighted by atomic mass is 16.2. The van der Waals surface area contributed by atoms with Crippen molar-refractivity contribution >= 4 is 28.4 Å². The van der Waals surface area contributed by atoms with Crippen molar-refractivity contribution in [1.29, 1.82) is 0 Å². The van der Waals surface area contributed by atoms with Crippen molar-refractivity contribution in [3.8, 4) is 5.69 Å². The monoisotopic (exact) mass is 504 g/mol. The molecule has 4 aromatic rings. The van der Waals surface area contributed by atoms with E-state index in [1.54, 1.807) is 10.6 Å². The number of para-hydroxylation sites is 2. The van der Waals surface area contributed by atoms with Crippen LogP contribution in [-0.2, 0) is 15.1 Å². The van der Waals surface area contributed by atoms with E-state index >= 15 is 0 Å². The van der Waals surface area contributed by atoms with Crippen molar-refractivity contribution in [3.63, 3.8) is 0 Å². The zero-order chi connectivity index (χ0) is 26.3. The highest BCUT2D eigenvalue weighted by Gasteiger charge is 2.69. The van der Waals surface area contributed by atoms with Crippen LogP contribution in [0.1, 0.15) is 37.2 Å². The van der Waals surface area contributed by atoms with Crippen LogP contribution in [0.25, 0.3) is 16.6 Å². The van der Waals surface area contributed by atoms with Gasteiger partial charge in [0.25, 0.3) is 5.56 Å². The number of nitrogens with one attached hydrogen (secondary N) is 1. The third kappa shape index (κ3) is 2.88. The molecule has 0 saturated carbocycles. The zero-order valence-electron chi connectivity index (χ0n) is 21.5. The molecular weight excluding hydrogens is 476 g/mol. The number of imide groups is 1. The molecule has 4 heterocycles. The third-order valence-corrected chi connectivity index (χ3v) is 8.38. The number of carbonyl (C=O) groups excluding carboxylic acids is 2. The van der Waals surface area contributed by atoms with Crippen LogP contribution in [0.2, 0.25) is 0 Å². The summed E-state index contributed by atoms with van der Waals surface area (Å²) < 4.78 is 1.64. The first-order chi connectivity index (χ1) is 18.3. The molecule has 7 heteroatoms. The predicted octanol–water partition coefficient (Wildman–Crippen LogP) is 4.07. The lowest BCUT2D eigenvalue weighted by Crippen LogP contribution is -2.50. The molecule has 7 rings (SSSR count). The van der Waals surface area contributed by atoms with Crippen LogP contribution in [0.5, 0.6) is 0 Å². The van der Waals surface area contributed by atoms with Crippen LogP contribution in [0.4, 0.5) is 5.69 Å². The summed E-state index contributed by atoms with van der Waals surface area (Å²) in [4.78, 5) is 48.7. The third-order valence-electron chi connectivity index (χ3n) is 8.38. The van der Waals surface area contributed by atoms with E-state index in [0.717, 1.165) is 11.1 Å². The second-order valence-corrected chi connectivity index (χ2v) is 11.1. The van der Waals surface area contributed by atoms with Crippen LogP contribution < -0.4 is 15.8 Å². The normalized spacial score (nSPS) is 25.5. The number of amides is 2. The molecule has 38 heavy (non-hydrogen) atoms. The molecule has 7 nitrogen and oxygen atoms in total. The molecule has 0 unspecified atom stereocenters. The fraction of sp³-hybridized carbons (Fsp3) is 0.290. The average molecular weight is 505 g/mol. The molecule has 3 aliphatic rings. The topological polar surface area (TPSA) is 84.3 Å². The molecule has 3 aromatic carbocycles. The number of hydrogen-bond acceptors (Lipinski definition) is 5. The van der Waals surface area contributed by atoms with Crippen molar-refractivity contribution in [2.24, 2.45) is 17.8 Å². The van der Waals surface area contributed by atoms with Gasteiger partial charge in [-0.1, -0.05) is 61.9 Å². The Morgan fingerprint density at radius 1 is 0.921 bits per heavy atom. The quantitative estimate of drug-likeness (QED) is 0.425. The molecule has 3 aliphatic heterocycles. The van der Waals surface area contributed by atoms with Gasteiger partial charge in [-0.05, 0) is 49.6 Å². The van der Waals surface area contributed by atoms with Gasteiger partial charge in [0.15, 0.2) is 0 Å². The minimum absolute atomic E-state index is 0.173. The van der Waals surface area contributed by atoms with Crippen molar-refractivity contribution in [1.82, 2.24) is 14.9 Å². The number of carbonyl (C=O) groups is 2. The predicted molar refractivity (Wildman–Crippen MR) is 145 cm³/mol. The number of rotatable bonds is 3. The van der Waals surface area contributed by atoms with E-state index in [2.05, 4.69) is 19.2 Å². The molecule has 190 valence electrons. The first-order valence-corrected chi connectivity index (χ1v) is 13.2. The highest BCUT2D eigenvalue weighted by Crippen LogP contribution is 2.56. The molecule has 0 radical (unpaired) electrons. The van der Waals surface area contributed by atoms with Gasteiger partial charge in [-0.3, -0.25) is 24.3 Å². The Balaban J connectivity index is 1.52. The molecule has 1 aromatic heterocycles. The molecule has 2 saturated heterocycles. The van der Waals surface area contributed by atoms with E-state index in [0.29, 0.717) is 40.4 Å². The summed E-state index contributed by atoms with van der Waals surface area (Å²) in [5.74, 6) is -0.984. The molecule has 1 N–H and O–H groups in total. The van der Waals surface area contributed by atoms with Crippen molar-refractivity contribution in [3.05, 3.63) is 100 Å². The second kappa shape index (κ2) is 7.95. The summed E-state index contributed by atoms with van der Waals surface area (Å²) in [6.07, 6.45) is 0.712. The van der Waals surface area contributed by atoms with Gasteiger partial charge in [0.1, 0.15) is 11.4 Å². The maximum Gasteiger partial charge on any atom is 0.266 e. The number of fused-ring (bicyclic) bond motifs is 8. The van der Waals surface area contributed by atoms with Gasteiger partial charge in [0.05, 0.1) is 34.1 Å². The van der Waals surface area contributed by atoms with Crippen molar-refractivity contribution in [2.45, 2.75) is 38.8 Å². The maximum atomic E-state index is 14.4. The minimum atomic E-state index is -1.10. The summed E-state index contributed by atoms with van der Waals surface area (Å²) in [6.45, 7) is 6.21. The summed E-state index contributed by atoms with van der Waals surface area (Å²) in [5, 5.41) is 4.28. The fourth-order valence-corrected chi connectivity index (χ4v) is 6.88. The number of aryl methyl sites for hydroxylation is 1. The lowest BCUT2D eigenvalue weighted by molar-refractivity contribution is -0.123. The van der Waals surface area contributed by atoms with Gasteiger partial charge < -0.3 is 0 Å².